The van der Waals surface area contributed by atoms with Crippen LogP contribution in [0.3, 0.4) is 0 Å². The minimum absolute atomic E-state index is 0.217. The Balaban J connectivity index is 0.00000116. The average molecular weight is 392 g/mol. The van der Waals surface area contributed by atoms with Gasteiger partial charge in [-0.2, -0.15) is 0 Å². The third-order valence-electron chi connectivity index (χ3n) is 2.69. The van der Waals surface area contributed by atoms with Gasteiger partial charge in [-0.15, -0.1) is 0 Å². The van der Waals surface area contributed by atoms with Crippen LogP contribution >= 0.6 is 0 Å². The van der Waals surface area contributed by atoms with Gasteiger partial charge < -0.3 is 10.2 Å². The molecule has 0 radical (unpaired) electrons. The van der Waals surface area contributed by atoms with Crippen LogP contribution in [0.1, 0.15) is 11.1 Å². The summed E-state index contributed by atoms with van der Waals surface area (Å²) in [7, 11) is 0. The molecule has 2 aromatic rings. The van der Waals surface area contributed by atoms with E-state index in [0.717, 1.165) is 0 Å². The number of rotatable bonds is 5. The molecule has 0 aromatic heterocycles. The number of phenols is 2. The Hall–Kier alpha value is -2.08. The average Bonchev–Trinajstić information content (AvgIpc) is 2.56. The summed E-state index contributed by atoms with van der Waals surface area (Å²) in [5.74, 6) is 0.433. The summed E-state index contributed by atoms with van der Waals surface area (Å²) in [5.41, 5.74) is 1.38. The van der Waals surface area contributed by atoms with E-state index < -0.39 is 0 Å². The molecule has 0 atom stereocenters. The molecule has 0 heterocycles. The van der Waals surface area contributed by atoms with E-state index in [4.69, 9.17) is 3.25 Å². The van der Waals surface area contributed by atoms with Gasteiger partial charge in [0.2, 0.25) is 0 Å². The standard InChI is InChI=1S/C16H16N2O2.Ag.O/c19-15-7-3-1-5-13(15)11-17-9-10-18-12-14-6-2-4-8-16(14)20;;/h1-8,11-12,19-20H,9-10H2;;. The Kier molecular flexibility index (Phi) is 8.67. The number of benzene rings is 2. The molecule has 0 unspecified atom stereocenters. The molecule has 5 nitrogen and oxygen atoms in total. The van der Waals surface area contributed by atoms with Crippen molar-refractivity contribution in [3.8, 4) is 11.5 Å². The fraction of sp³-hybridized carbons (Fsp3) is 0.125. The Morgan fingerprint density at radius 2 is 1.14 bits per heavy atom. The Bertz CT molecular complexity index is 589. The zero-order chi connectivity index (χ0) is 16.2. The van der Waals surface area contributed by atoms with Gasteiger partial charge in [-0.3, -0.25) is 9.98 Å². The zero-order valence-corrected chi connectivity index (χ0v) is 13.2. The summed E-state index contributed by atoms with van der Waals surface area (Å²) in [6.07, 6.45) is 3.26. The van der Waals surface area contributed by atoms with Crippen LogP contribution in [0.25, 0.3) is 0 Å². The Morgan fingerprint density at radius 1 is 0.773 bits per heavy atom. The van der Waals surface area contributed by atoms with E-state index in [0.29, 0.717) is 24.2 Å². The molecule has 6 heteroatoms. The number of aliphatic imine (C=N–C) groups is 2. The van der Waals surface area contributed by atoms with E-state index in [1.807, 2.05) is 12.1 Å². The first-order chi connectivity index (χ1) is 10.8. The number of para-hydroxylation sites is 2. The summed E-state index contributed by atoms with van der Waals surface area (Å²) in [6, 6.07) is 14.1. The van der Waals surface area contributed by atoms with Crippen LogP contribution in [0, 0.1) is 0 Å². The second-order valence-electron chi connectivity index (χ2n) is 4.19. The predicted molar refractivity (Wildman–Crippen MR) is 81.8 cm³/mol. The molecule has 0 aliphatic carbocycles. The molecule has 0 aliphatic heterocycles. The van der Waals surface area contributed by atoms with Crippen LogP contribution in [0.5, 0.6) is 11.5 Å². The van der Waals surface area contributed by atoms with Gasteiger partial charge in [-0.05, 0) is 24.3 Å². The topological polar surface area (TPSA) is 82.2 Å². The molecule has 22 heavy (non-hydrogen) atoms. The van der Waals surface area contributed by atoms with Crippen LogP contribution in [0.2, 0.25) is 0 Å². The quantitative estimate of drug-likeness (QED) is 0.466. The summed E-state index contributed by atoms with van der Waals surface area (Å²) in [4.78, 5) is 8.39. The van der Waals surface area contributed by atoms with Gasteiger partial charge in [-0.1, -0.05) is 24.3 Å². The minimum atomic E-state index is 0.217. The molecule has 0 saturated carbocycles. The zero-order valence-electron chi connectivity index (χ0n) is 11.7. The molecule has 2 rings (SSSR count). The molecule has 0 saturated heterocycles. The molecular formula is C16H16AgN2O3. The first-order valence-corrected chi connectivity index (χ1v) is 7.06. The van der Waals surface area contributed by atoms with Gasteiger partial charge in [-0.25, -0.2) is 0 Å². The summed E-state index contributed by atoms with van der Waals surface area (Å²) in [6.45, 7) is 1.05. The van der Waals surface area contributed by atoms with E-state index in [9.17, 15) is 10.2 Å². The monoisotopic (exact) mass is 391 g/mol. The van der Waals surface area contributed by atoms with Crippen molar-refractivity contribution in [1.29, 1.82) is 0 Å². The van der Waals surface area contributed by atoms with Gasteiger partial charge in [0.05, 0.1) is 13.1 Å². The molecule has 2 aromatic carbocycles. The van der Waals surface area contributed by atoms with Crippen LogP contribution in [-0.2, 0) is 24.3 Å². The third-order valence-corrected chi connectivity index (χ3v) is 2.69. The van der Waals surface area contributed by atoms with Crippen molar-refractivity contribution in [2.75, 3.05) is 13.1 Å². The summed E-state index contributed by atoms with van der Waals surface area (Å²) < 4.78 is 8.06. The van der Waals surface area contributed by atoms with Gasteiger partial charge in [0.15, 0.2) is 0 Å². The van der Waals surface area contributed by atoms with E-state index in [2.05, 4.69) is 9.98 Å². The molecule has 0 fully saturated rings. The van der Waals surface area contributed by atoms with Crippen LogP contribution in [0.15, 0.2) is 58.5 Å². The fourth-order valence-corrected chi connectivity index (χ4v) is 1.63. The van der Waals surface area contributed by atoms with Gasteiger partial charge in [0, 0.05) is 23.6 Å². The second kappa shape index (κ2) is 10.6. The first kappa shape index (κ1) is 18.0. The number of aromatic hydroxyl groups is 2. The van der Waals surface area contributed by atoms with Crippen molar-refractivity contribution in [3.05, 3.63) is 59.7 Å². The van der Waals surface area contributed by atoms with Crippen molar-refractivity contribution in [3.63, 3.8) is 0 Å². The van der Waals surface area contributed by atoms with Crippen molar-refractivity contribution in [1.82, 2.24) is 0 Å². The van der Waals surface area contributed by atoms with Crippen LogP contribution < -0.4 is 0 Å². The molecule has 2 N–H and O–H groups in total. The van der Waals surface area contributed by atoms with Crippen molar-refractivity contribution >= 4 is 12.4 Å². The molecular weight excluding hydrogens is 376 g/mol. The van der Waals surface area contributed by atoms with Crippen LogP contribution in [-0.4, -0.2) is 35.7 Å². The number of hydrogen-bond donors (Lipinski definition) is 2. The second-order valence-corrected chi connectivity index (χ2v) is 4.19. The third kappa shape index (κ3) is 6.13. The Labute approximate surface area is 141 Å². The molecule has 119 valence electrons. The first-order valence-electron chi connectivity index (χ1n) is 6.45. The van der Waals surface area contributed by atoms with Gasteiger partial charge >= 0.3 is 24.3 Å². The number of hydrogen-bond acceptors (Lipinski definition) is 5. The van der Waals surface area contributed by atoms with Gasteiger partial charge in [0.25, 0.3) is 0 Å². The normalized spacial score (nSPS) is 10.6. The molecule has 0 aliphatic rings. The van der Waals surface area contributed by atoms with E-state index in [1.54, 1.807) is 69.9 Å². The summed E-state index contributed by atoms with van der Waals surface area (Å²) >= 11 is 1.70. The van der Waals surface area contributed by atoms with E-state index in [1.165, 1.54) is 0 Å². The molecule has 0 amide bonds. The molecule has 0 spiro atoms. The summed E-state index contributed by atoms with van der Waals surface area (Å²) in [5, 5.41) is 19.1. The predicted octanol–water partition coefficient (Wildman–Crippen LogP) is 2.51. The van der Waals surface area contributed by atoms with Gasteiger partial charge in [0.1, 0.15) is 11.5 Å². The van der Waals surface area contributed by atoms with Crippen molar-refractivity contribution < 1.29 is 34.5 Å². The SMILES string of the molecule is Oc1ccccc1C=NCCN=Cc1ccccc1O.[O]=[Ag]. The van der Waals surface area contributed by atoms with Crippen LogP contribution in [0.4, 0.5) is 0 Å². The number of phenolic OH excluding ortho intramolecular Hbond substituents is 2. The van der Waals surface area contributed by atoms with Crippen molar-refractivity contribution in [2.24, 2.45) is 9.98 Å². The fourth-order valence-electron chi connectivity index (χ4n) is 1.63. The maximum absolute atomic E-state index is 9.54. The maximum atomic E-state index is 9.54. The van der Waals surface area contributed by atoms with E-state index in [-0.39, 0.29) is 11.5 Å². The molecule has 0 bridgehead atoms. The number of nitrogens with zero attached hydrogens (tertiary/aromatic N) is 2. The van der Waals surface area contributed by atoms with Crippen molar-refractivity contribution in [2.45, 2.75) is 0 Å². The van der Waals surface area contributed by atoms with E-state index >= 15 is 0 Å². The Morgan fingerprint density at radius 3 is 1.50 bits per heavy atom.